The molecule has 1 fully saturated rings. The highest BCUT2D eigenvalue weighted by Gasteiger charge is 2.64. The molecule has 1 heterocycles. The highest BCUT2D eigenvalue weighted by atomic mass is 31.2. The van der Waals surface area contributed by atoms with E-state index in [-0.39, 0.29) is 17.8 Å². The van der Waals surface area contributed by atoms with E-state index in [0.717, 1.165) is 24.2 Å². The second-order valence-corrected chi connectivity index (χ2v) is 10.8. The molecule has 0 aromatic carbocycles. The van der Waals surface area contributed by atoms with E-state index in [4.69, 9.17) is 4.52 Å². The Balaban J connectivity index is 2.71. The Labute approximate surface area is 153 Å². The van der Waals surface area contributed by atoms with Gasteiger partial charge in [-0.3, -0.25) is 9.13 Å². The topological polar surface area (TPSA) is 144 Å². The maximum atomic E-state index is 12.3. The fraction of sp³-hybridized carbons (Fsp3) is 0.800. The van der Waals surface area contributed by atoms with Crippen LogP contribution in [0.2, 0.25) is 0 Å². The number of rotatable bonds is 9. The molecule has 0 saturated heterocycles. The molecule has 0 amide bonds. The number of aromatic nitrogens is 1. The third-order valence-corrected chi connectivity index (χ3v) is 10.1. The molecule has 11 heteroatoms. The zero-order chi connectivity index (χ0) is 20.0. The molecule has 1 saturated carbocycles. The van der Waals surface area contributed by atoms with E-state index in [9.17, 15) is 28.7 Å². The number of nitrogens with zero attached hydrogens (tertiary/aromatic N) is 2. The molecule has 150 valence electrons. The molecule has 1 aromatic rings. The van der Waals surface area contributed by atoms with Crippen LogP contribution in [-0.4, -0.2) is 36.3 Å². The highest BCUT2D eigenvalue weighted by molar-refractivity contribution is 7.72. The van der Waals surface area contributed by atoms with E-state index in [2.05, 4.69) is 5.16 Å². The molecule has 9 nitrogen and oxygen atoms in total. The summed E-state index contributed by atoms with van der Waals surface area (Å²) in [5, 5.41) is 1.35. The Bertz CT molecular complexity index is 725. The van der Waals surface area contributed by atoms with Gasteiger partial charge in [0.1, 0.15) is 5.76 Å². The molecular formula is C15H28N2O7P2. The van der Waals surface area contributed by atoms with Gasteiger partial charge in [0.25, 0.3) is 0 Å². The van der Waals surface area contributed by atoms with Gasteiger partial charge >= 0.3 is 15.2 Å². The average molecular weight is 410 g/mol. The summed E-state index contributed by atoms with van der Waals surface area (Å²) in [5.74, 6) is 0.774. The van der Waals surface area contributed by atoms with Crippen LogP contribution in [0.25, 0.3) is 0 Å². The van der Waals surface area contributed by atoms with Crippen molar-refractivity contribution >= 4 is 21.0 Å². The first-order valence-electron chi connectivity index (χ1n) is 8.83. The van der Waals surface area contributed by atoms with Gasteiger partial charge < -0.3 is 29.0 Å². The summed E-state index contributed by atoms with van der Waals surface area (Å²) in [5.41, 5.74) is 0.528. The van der Waals surface area contributed by atoms with Crippen LogP contribution in [-0.2, 0) is 21.0 Å². The Hall–Kier alpha value is -0.690. The quantitative estimate of drug-likeness (QED) is 0.452. The second kappa shape index (κ2) is 7.04. The van der Waals surface area contributed by atoms with E-state index in [0.29, 0.717) is 17.7 Å². The van der Waals surface area contributed by atoms with Crippen molar-refractivity contribution in [3.8, 4) is 0 Å². The minimum absolute atomic E-state index is 0.0395. The summed E-state index contributed by atoms with van der Waals surface area (Å²) in [6.07, 6.45) is 2.76. The van der Waals surface area contributed by atoms with Crippen LogP contribution in [0.1, 0.15) is 64.7 Å². The summed E-state index contributed by atoms with van der Waals surface area (Å²) < 4.78 is 30.1. The molecule has 1 aromatic heterocycles. The summed E-state index contributed by atoms with van der Waals surface area (Å²) >= 11 is 0. The third-order valence-electron chi connectivity index (χ3n) is 5.54. The standard InChI is InChI=1S/C15H28N2O7P2/c1-5-11-12(14(6-2)9-10-14)24-16-13(11)17(8-4)15(7-3,25(18,19)20)26(21,22)23/h5-10H2,1-4H3,(H2,18,19,20)(H2,21,22,23). The van der Waals surface area contributed by atoms with Crippen LogP contribution >= 0.6 is 15.2 Å². The van der Waals surface area contributed by atoms with Gasteiger partial charge in [-0.2, -0.15) is 0 Å². The smallest absolute Gasteiger partial charge is 0.358 e. The van der Waals surface area contributed by atoms with Gasteiger partial charge in [0.15, 0.2) is 5.82 Å². The number of hydrogen-bond donors (Lipinski definition) is 4. The lowest BCUT2D eigenvalue weighted by Gasteiger charge is -2.43. The maximum Gasteiger partial charge on any atom is 0.363 e. The largest absolute Gasteiger partial charge is 0.363 e. The molecule has 26 heavy (non-hydrogen) atoms. The van der Waals surface area contributed by atoms with Gasteiger partial charge in [-0.15, -0.1) is 0 Å². The van der Waals surface area contributed by atoms with Crippen LogP contribution in [0.15, 0.2) is 4.52 Å². The van der Waals surface area contributed by atoms with Crippen molar-refractivity contribution in [2.24, 2.45) is 0 Å². The normalized spacial score (nSPS) is 17.4. The second-order valence-electron chi connectivity index (χ2n) is 6.76. The Morgan fingerprint density at radius 1 is 1.12 bits per heavy atom. The van der Waals surface area contributed by atoms with Crippen molar-refractivity contribution < 1.29 is 33.2 Å². The van der Waals surface area contributed by atoms with Crippen molar-refractivity contribution in [1.82, 2.24) is 5.16 Å². The molecule has 0 bridgehead atoms. The predicted octanol–water partition coefficient (Wildman–Crippen LogP) is 2.92. The fourth-order valence-corrected chi connectivity index (χ4v) is 7.08. The maximum absolute atomic E-state index is 12.3. The van der Waals surface area contributed by atoms with E-state index in [1.54, 1.807) is 6.92 Å². The molecule has 0 aliphatic heterocycles. The molecule has 1 aliphatic carbocycles. The number of hydrogen-bond acceptors (Lipinski definition) is 5. The minimum Gasteiger partial charge on any atom is -0.358 e. The Morgan fingerprint density at radius 3 is 1.96 bits per heavy atom. The van der Waals surface area contributed by atoms with Crippen molar-refractivity contribution in [3.05, 3.63) is 11.3 Å². The van der Waals surface area contributed by atoms with Crippen molar-refractivity contribution in [3.63, 3.8) is 0 Å². The summed E-state index contributed by atoms with van der Waals surface area (Å²) in [7, 11) is -10.5. The minimum atomic E-state index is -5.24. The Kier molecular flexibility index (Phi) is 5.85. The molecule has 0 radical (unpaired) electrons. The average Bonchev–Trinajstić information content (AvgIpc) is 3.22. The lowest BCUT2D eigenvalue weighted by atomic mass is 9.95. The first-order valence-corrected chi connectivity index (χ1v) is 12.1. The predicted molar refractivity (Wildman–Crippen MR) is 97.2 cm³/mol. The monoisotopic (exact) mass is 410 g/mol. The lowest BCUT2D eigenvalue weighted by molar-refractivity contribution is 0.297. The van der Waals surface area contributed by atoms with Crippen molar-refractivity contribution in [1.29, 1.82) is 0 Å². The van der Waals surface area contributed by atoms with Crippen LogP contribution in [0.5, 0.6) is 0 Å². The van der Waals surface area contributed by atoms with Gasteiger partial charge in [0, 0.05) is 17.5 Å². The summed E-state index contributed by atoms with van der Waals surface area (Å²) in [6, 6.07) is 0. The molecule has 4 N–H and O–H groups in total. The van der Waals surface area contributed by atoms with Crippen molar-refractivity contribution in [2.45, 2.75) is 70.2 Å². The van der Waals surface area contributed by atoms with Gasteiger partial charge in [-0.25, -0.2) is 0 Å². The van der Waals surface area contributed by atoms with E-state index >= 15 is 0 Å². The highest BCUT2D eigenvalue weighted by Crippen LogP contribution is 2.72. The molecule has 0 spiro atoms. The van der Waals surface area contributed by atoms with Gasteiger partial charge in [0.2, 0.25) is 5.02 Å². The fourth-order valence-electron chi connectivity index (χ4n) is 3.80. The molecule has 0 atom stereocenters. The first-order chi connectivity index (χ1) is 12.0. The first kappa shape index (κ1) is 21.6. The molecular weight excluding hydrogens is 382 g/mol. The molecule has 2 rings (SSSR count). The third kappa shape index (κ3) is 3.09. The summed E-state index contributed by atoms with van der Waals surface area (Å²) in [4.78, 5) is 40.8. The van der Waals surface area contributed by atoms with Crippen LogP contribution < -0.4 is 4.90 Å². The van der Waals surface area contributed by atoms with Crippen LogP contribution in [0, 0.1) is 0 Å². The van der Waals surface area contributed by atoms with E-state index in [1.165, 1.54) is 6.92 Å². The zero-order valence-corrected chi connectivity index (χ0v) is 17.3. The lowest BCUT2D eigenvalue weighted by Crippen LogP contribution is -2.48. The molecule has 1 aliphatic rings. The van der Waals surface area contributed by atoms with Gasteiger partial charge in [-0.05, 0) is 39.0 Å². The molecule has 0 unspecified atom stereocenters. The van der Waals surface area contributed by atoms with Gasteiger partial charge in [-0.1, -0.05) is 25.9 Å². The van der Waals surface area contributed by atoms with E-state index in [1.807, 2.05) is 13.8 Å². The van der Waals surface area contributed by atoms with E-state index < -0.39 is 26.6 Å². The van der Waals surface area contributed by atoms with Crippen LogP contribution in [0.3, 0.4) is 0 Å². The SMILES string of the molecule is CCc1c(N(CC)C(CC)(P(=O)(O)O)P(=O)(O)O)noc1C1(CC)CC1. The van der Waals surface area contributed by atoms with Crippen LogP contribution in [0.4, 0.5) is 5.82 Å². The van der Waals surface area contributed by atoms with Crippen molar-refractivity contribution in [2.75, 3.05) is 11.4 Å². The van der Waals surface area contributed by atoms with Gasteiger partial charge in [0.05, 0.1) is 0 Å². The Morgan fingerprint density at radius 2 is 1.65 bits per heavy atom. The number of anilines is 1. The zero-order valence-electron chi connectivity index (χ0n) is 15.5. The summed E-state index contributed by atoms with van der Waals surface area (Å²) in [6.45, 7) is 6.79.